The average molecular weight is 320 g/mol. The summed E-state index contributed by atoms with van der Waals surface area (Å²) < 4.78 is 5.37. The van der Waals surface area contributed by atoms with Crippen molar-refractivity contribution in [3.8, 4) is 5.75 Å². The fraction of sp³-hybridized carbons (Fsp3) is 0.529. The van der Waals surface area contributed by atoms with Crippen LogP contribution in [-0.2, 0) is 11.2 Å². The molecule has 0 aliphatic rings. The number of nitrogens with zero attached hydrogens (tertiary/aromatic N) is 1. The molecule has 23 heavy (non-hydrogen) atoms. The van der Waals surface area contributed by atoms with E-state index in [9.17, 15) is 4.79 Å². The summed E-state index contributed by atoms with van der Waals surface area (Å²) in [6.07, 6.45) is 1.74. The number of hydrogen-bond donors (Lipinski definition) is 3. The molecule has 6 nitrogen and oxygen atoms in total. The first-order valence-corrected chi connectivity index (χ1v) is 7.95. The zero-order valence-corrected chi connectivity index (χ0v) is 14.5. The molecule has 0 spiro atoms. The van der Waals surface area contributed by atoms with E-state index in [1.807, 2.05) is 19.1 Å². The minimum absolute atomic E-state index is 0.0323. The molecule has 1 rings (SSSR count). The molecule has 3 N–H and O–H groups in total. The highest BCUT2D eigenvalue weighted by atomic mass is 16.5. The summed E-state index contributed by atoms with van der Waals surface area (Å²) in [5, 5.41) is 9.02. The topological polar surface area (TPSA) is 74.8 Å². The molecule has 0 aliphatic heterocycles. The first-order valence-electron chi connectivity index (χ1n) is 7.95. The number of aryl methyl sites for hydroxylation is 1. The molecule has 0 aliphatic carbocycles. The van der Waals surface area contributed by atoms with E-state index in [1.54, 1.807) is 14.2 Å². The van der Waals surface area contributed by atoms with E-state index in [4.69, 9.17) is 4.74 Å². The van der Waals surface area contributed by atoms with E-state index in [1.165, 1.54) is 5.56 Å². The highest BCUT2D eigenvalue weighted by molar-refractivity contribution is 5.86. The van der Waals surface area contributed by atoms with Gasteiger partial charge in [-0.2, -0.15) is 0 Å². The third kappa shape index (κ3) is 7.04. The molecule has 0 radical (unpaired) electrons. The lowest BCUT2D eigenvalue weighted by molar-refractivity contribution is -0.120. The van der Waals surface area contributed by atoms with Gasteiger partial charge in [0, 0.05) is 20.1 Å². The van der Waals surface area contributed by atoms with Gasteiger partial charge in [0.1, 0.15) is 5.75 Å². The Morgan fingerprint density at radius 2 is 2.00 bits per heavy atom. The van der Waals surface area contributed by atoms with E-state index in [-0.39, 0.29) is 12.5 Å². The van der Waals surface area contributed by atoms with Gasteiger partial charge in [0.25, 0.3) is 0 Å². The van der Waals surface area contributed by atoms with Crippen LogP contribution in [0.5, 0.6) is 5.75 Å². The van der Waals surface area contributed by atoms with Gasteiger partial charge in [-0.05, 0) is 31.4 Å². The van der Waals surface area contributed by atoms with Crippen LogP contribution in [0.15, 0.2) is 23.2 Å². The second-order valence-corrected chi connectivity index (χ2v) is 5.27. The van der Waals surface area contributed by atoms with Gasteiger partial charge in [-0.3, -0.25) is 9.79 Å². The highest BCUT2D eigenvalue weighted by Crippen LogP contribution is 2.19. The number of amides is 1. The maximum Gasteiger partial charge on any atom is 0.239 e. The van der Waals surface area contributed by atoms with Crippen LogP contribution in [0.2, 0.25) is 0 Å². The Morgan fingerprint density at radius 1 is 1.22 bits per heavy atom. The third-order valence-electron chi connectivity index (χ3n) is 3.33. The zero-order valence-electron chi connectivity index (χ0n) is 14.5. The predicted molar refractivity (Wildman–Crippen MR) is 94.1 cm³/mol. The SMILES string of the molecule is CCCNC(=O)CNC(=NC)NCCc1cc(C)ccc1OC. The number of methoxy groups -OCH3 is 1. The van der Waals surface area contributed by atoms with Crippen LogP contribution < -0.4 is 20.7 Å². The molecular formula is C17H28N4O2. The molecule has 0 saturated heterocycles. The van der Waals surface area contributed by atoms with E-state index < -0.39 is 0 Å². The van der Waals surface area contributed by atoms with Crippen molar-refractivity contribution < 1.29 is 9.53 Å². The molecule has 0 heterocycles. The number of nitrogens with one attached hydrogen (secondary N) is 3. The second-order valence-electron chi connectivity index (χ2n) is 5.27. The quantitative estimate of drug-likeness (QED) is 0.498. The summed E-state index contributed by atoms with van der Waals surface area (Å²) in [4.78, 5) is 15.7. The number of rotatable bonds is 8. The molecule has 0 saturated carbocycles. The maximum absolute atomic E-state index is 11.6. The lowest BCUT2D eigenvalue weighted by atomic mass is 10.1. The van der Waals surface area contributed by atoms with Crippen LogP contribution in [0.25, 0.3) is 0 Å². The summed E-state index contributed by atoms with van der Waals surface area (Å²) >= 11 is 0. The van der Waals surface area contributed by atoms with Crippen LogP contribution in [0, 0.1) is 6.92 Å². The molecule has 0 bridgehead atoms. The number of ether oxygens (including phenoxy) is 1. The molecule has 1 aromatic carbocycles. The van der Waals surface area contributed by atoms with Crippen LogP contribution >= 0.6 is 0 Å². The Hall–Kier alpha value is -2.24. The maximum atomic E-state index is 11.6. The fourth-order valence-corrected chi connectivity index (χ4v) is 2.13. The number of carbonyl (C=O) groups is 1. The van der Waals surface area contributed by atoms with E-state index in [0.29, 0.717) is 19.0 Å². The Kier molecular flexibility index (Phi) is 8.57. The third-order valence-corrected chi connectivity index (χ3v) is 3.33. The molecule has 6 heteroatoms. The highest BCUT2D eigenvalue weighted by Gasteiger charge is 2.05. The summed E-state index contributed by atoms with van der Waals surface area (Å²) in [5.74, 6) is 1.47. The molecule has 128 valence electrons. The van der Waals surface area contributed by atoms with Crippen molar-refractivity contribution in [3.63, 3.8) is 0 Å². The molecule has 0 aromatic heterocycles. The van der Waals surface area contributed by atoms with Crippen molar-refractivity contribution in [1.82, 2.24) is 16.0 Å². The van der Waals surface area contributed by atoms with Crippen molar-refractivity contribution in [3.05, 3.63) is 29.3 Å². The minimum atomic E-state index is -0.0323. The van der Waals surface area contributed by atoms with Gasteiger partial charge in [0.15, 0.2) is 5.96 Å². The standard InChI is InChI=1S/C17H28N4O2/c1-5-9-19-16(22)12-21-17(18-3)20-10-8-14-11-13(2)6-7-15(14)23-4/h6-7,11H,5,8-10,12H2,1-4H3,(H,19,22)(H2,18,20,21). The lowest BCUT2D eigenvalue weighted by Gasteiger charge is -2.13. The fourth-order valence-electron chi connectivity index (χ4n) is 2.13. The molecular weight excluding hydrogens is 292 g/mol. The first kappa shape index (κ1) is 18.8. The van der Waals surface area contributed by atoms with Gasteiger partial charge in [0.05, 0.1) is 13.7 Å². The van der Waals surface area contributed by atoms with Gasteiger partial charge in [-0.25, -0.2) is 0 Å². The van der Waals surface area contributed by atoms with E-state index in [2.05, 4.69) is 33.9 Å². The molecule has 0 fully saturated rings. The summed E-state index contributed by atoms with van der Waals surface area (Å²) in [6.45, 7) is 5.70. The van der Waals surface area contributed by atoms with Gasteiger partial charge >= 0.3 is 0 Å². The Bertz CT molecular complexity index is 529. The average Bonchev–Trinajstić information content (AvgIpc) is 2.56. The van der Waals surface area contributed by atoms with Crippen molar-refractivity contribution >= 4 is 11.9 Å². The van der Waals surface area contributed by atoms with Crippen molar-refractivity contribution in [2.75, 3.05) is 33.8 Å². The van der Waals surface area contributed by atoms with Crippen molar-refractivity contribution in [2.24, 2.45) is 4.99 Å². The van der Waals surface area contributed by atoms with Gasteiger partial charge in [-0.1, -0.05) is 24.6 Å². The smallest absolute Gasteiger partial charge is 0.239 e. The molecule has 0 unspecified atom stereocenters. The number of benzene rings is 1. The van der Waals surface area contributed by atoms with Crippen LogP contribution in [0.3, 0.4) is 0 Å². The zero-order chi connectivity index (χ0) is 17.1. The van der Waals surface area contributed by atoms with Crippen molar-refractivity contribution in [1.29, 1.82) is 0 Å². The van der Waals surface area contributed by atoms with E-state index in [0.717, 1.165) is 24.2 Å². The Labute approximate surface area is 138 Å². The Balaban J connectivity index is 2.41. The summed E-state index contributed by atoms with van der Waals surface area (Å²) in [7, 11) is 3.36. The van der Waals surface area contributed by atoms with Crippen molar-refractivity contribution in [2.45, 2.75) is 26.7 Å². The van der Waals surface area contributed by atoms with Gasteiger partial charge in [0.2, 0.25) is 5.91 Å². The largest absolute Gasteiger partial charge is 0.496 e. The van der Waals surface area contributed by atoms with Crippen LogP contribution in [0.1, 0.15) is 24.5 Å². The molecule has 1 amide bonds. The molecule has 1 aromatic rings. The van der Waals surface area contributed by atoms with E-state index >= 15 is 0 Å². The lowest BCUT2D eigenvalue weighted by Crippen LogP contribution is -2.43. The normalized spacial score (nSPS) is 11.0. The second kappa shape index (κ2) is 10.5. The summed E-state index contributed by atoms with van der Waals surface area (Å²) in [5.41, 5.74) is 2.35. The Morgan fingerprint density at radius 3 is 2.65 bits per heavy atom. The van der Waals surface area contributed by atoms with Crippen LogP contribution in [0.4, 0.5) is 0 Å². The number of hydrogen-bond acceptors (Lipinski definition) is 3. The van der Waals surface area contributed by atoms with Crippen LogP contribution in [-0.4, -0.2) is 45.7 Å². The monoisotopic (exact) mass is 320 g/mol. The van der Waals surface area contributed by atoms with Gasteiger partial charge in [-0.15, -0.1) is 0 Å². The number of aliphatic imine (C=N–C) groups is 1. The van der Waals surface area contributed by atoms with Gasteiger partial charge < -0.3 is 20.7 Å². The number of guanidine groups is 1. The predicted octanol–water partition coefficient (Wildman–Crippen LogP) is 1.24. The molecule has 0 atom stereocenters. The first-order chi connectivity index (χ1) is 11.1. The number of carbonyl (C=O) groups excluding carboxylic acids is 1. The minimum Gasteiger partial charge on any atom is -0.496 e. The summed E-state index contributed by atoms with van der Waals surface area (Å²) in [6, 6.07) is 6.13.